The third-order valence-corrected chi connectivity index (χ3v) is 12.6. The molecule has 4 fully saturated rings. The number of benzene rings is 1. The summed E-state index contributed by atoms with van der Waals surface area (Å²) >= 11 is 0. The van der Waals surface area contributed by atoms with Crippen LogP contribution in [0.3, 0.4) is 0 Å². The fourth-order valence-electron chi connectivity index (χ4n) is 10.4. The minimum atomic E-state index is -1.16. The fraction of sp³-hybridized carbons (Fsp3) is 0.629. The van der Waals surface area contributed by atoms with E-state index in [0.29, 0.717) is 51.6 Å². The zero-order valence-electron chi connectivity index (χ0n) is 25.6. The molecular weight excluding hydrogens is 558 g/mol. The first-order valence-electron chi connectivity index (χ1n) is 16.5. The highest BCUT2D eigenvalue weighted by molar-refractivity contribution is 5.85. The lowest BCUT2D eigenvalue weighted by Gasteiger charge is -2.65. The standard InChI is InChI=1S/C35H45N3O6/c1-32-13-10-27-28(35(32,43)16-12-26(32)23-17-31(41)44-20-23)11-15-34(42)18-24(39)9-14-33(27,34)21-37-38-30(40)8-4-5-22-19-36-29-7-3-2-6-25(22)29/h2-3,6-7,17,19,21,24,26-28,36,39,42-43H,4-5,8-16,18,20H2,1H3,(H,38,40)/b37-21-/t24-,26-,27+,28-,32-,33+,34-,35-/m1/s1. The summed E-state index contributed by atoms with van der Waals surface area (Å²) in [5.41, 5.74) is 2.75. The molecule has 8 atom stereocenters. The Morgan fingerprint density at radius 2 is 1.93 bits per heavy atom. The Morgan fingerprint density at radius 3 is 2.75 bits per heavy atom. The molecular formula is C35H45N3O6. The number of aliphatic hydroxyl groups is 3. The van der Waals surface area contributed by atoms with E-state index in [1.54, 1.807) is 12.3 Å². The number of carbonyl (C=O) groups excluding carboxylic acids is 2. The molecule has 9 heteroatoms. The normalized spacial score (nSPS) is 39.9. The molecule has 1 aliphatic heterocycles. The Hall–Kier alpha value is -3.01. The van der Waals surface area contributed by atoms with Gasteiger partial charge < -0.3 is 25.0 Å². The summed E-state index contributed by atoms with van der Waals surface area (Å²) in [5, 5.41) is 41.0. The number of nitrogens with zero attached hydrogens (tertiary/aromatic N) is 1. The number of nitrogens with one attached hydrogen (secondary N) is 2. The number of esters is 1. The summed E-state index contributed by atoms with van der Waals surface area (Å²) in [6, 6.07) is 8.14. The van der Waals surface area contributed by atoms with Crippen LogP contribution in [-0.2, 0) is 20.7 Å². The minimum absolute atomic E-state index is 0.0384. The Kier molecular flexibility index (Phi) is 7.29. The van der Waals surface area contributed by atoms with Crippen LogP contribution in [0.4, 0.5) is 0 Å². The molecule has 4 aliphatic carbocycles. The number of aromatic nitrogens is 1. The van der Waals surface area contributed by atoms with Gasteiger partial charge in [0, 0.05) is 53.1 Å². The van der Waals surface area contributed by atoms with Crippen molar-refractivity contribution in [3.05, 3.63) is 47.7 Å². The van der Waals surface area contributed by atoms with E-state index in [0.717, 1.165) is 36.8 Å². The van der Waals surface area contributed by atoms with Gasteiger partial charge in [-0.2, -0.15) is 5.10 Å². The second-order valence-corrected chi connectivity index (χ2v) is 14.5. The highest BCUT2D eigenvalue weighted by Gasteiger charge is 2.71. The number of hydrazone groups is 1. The van der Waals surface area contributed by atoms with Crippen molar-refractivity contribution in [2.24, 2.45) is 33.7 Å². The van der Waals surface area contributed by atoms with Crippen LogP contribution in [-0.4, -0.2) is 62.3 Å². The Labute approximate surface area is 258 Å². The smallest absolute Gasteiger partial charge is 0.331 e. The summed E-state index contributed by atoms with van der Waals surface area (Å²) < 4.78 is 5.25. The number of fused-ring (bicyclic) bond motifs is 6. The van der Waals surface area contributed by atoms with Crippen molar-refractivity contribution in [3.8, 4) is 0 Å². The predicted octanol–water partition coefficient (Wildman–Crippen LogP) is 4.31. The number of carbonyl (C=O) groups is 2. The SMILES string of the molecule is C[C@]12CC[C@H]3[C@@H](CC[C@@]4(O)C[C@H](O)CC[C@]34/C=N\NC(=O)CCCc3c[nH]c4ccccc34)[C@]1(O)CC[C@@H]2C1=CC(=O)OC1. The maximum atomic E-state index is 12.9. The number of rotatable bonds is 7. The maximum absolute atomic E-state index is 12.9. The van der Waals surface area contributed by atoms with Crippen molar-refractivity contribution >= 4 is 29.0 Å². The van der Waals surface area contributed by atoms with Gasteiger partial charge in [-0.05, 0) is 99.2 Å². The molecule has 2 aromatic rings. The van der Waals surface area contributed by atoms with Crippen molar-refractivity contribution in [2.75, 3.05) is 6.61 Å². The molecule has 1 aromatic heterocycles. The van der Waals surface area contributed by atoms with Crippen molar-refractivity contribution < 1.29 is 29.6 Å². The Balaban J connectivity index is 1.08. The van der Waals surface area contributed by atoms with Crippen molar-refractivity contribution in [1.29, 1.82) is 0 Å². The van der Waals surface area contributed by atoms with Crippen LogP contribution in [0, 0.1) is 28.6 Å². The molecule has 1 aromatic carbocycles. The number of para-hydroxylation sites is 1. The number of hydrogen-bond donors (Lipinski definition) is 5. The van der Waals surface area contributed by atoms with E-state index in [1.165, 1.54) is 10.9 Å². The van der Waals surface area contributed by atoms with Gasteiger partial charge in [0.1, 0.15) is 6.61 Å². The maximum Gasteiger partial charge on any atom is 0.331 e. The predicted molar refractivity (Wildman–Crippen MR) is 165 cm³/mol. The minimum Gasteiger partial charge on any atom is -0.458 e. The van der Waals surface area contributed by atoms with E-state index >= 15 is 0 Å². The number of hydrogen-bond acceptors (Lipinski definition) is 7. The molecule has 7 rings (SSSR count). The molecule has 0 unspecified atom stereocenters. The largest absolute Gasteiger partial charge is 0.458 e. The average molecular weight is 604 g/mol. The van der Waals surface area contributed by atoms with Gasteiger partial charge in [-0.15, -0.1) is 0 Å². The van der Waals surface area contributed by atoms with Gasteiger partial charge in [-0.3, -0.25) is 4.79 Å². The molecule has 236 valence electrons. The van der Waals surface area contributed by atoms with Crippen LogP contribution in [0.15, 0.2) is 47.2 Å². The summed E-state index contributed by atoms with van der Waals surface area (Å²) in [5.74, 6) is -0.477. The van der Waals surface area contributed by atoms with Gasteiger partial charge in [0.25, 0.3) is 0 Å². The van der Waals surface area contributed by atoms with Gasteiger partial charge >= 0.3 is 5.97 Å². The molecule has 5 aliphatic rings. The number of aromatic amines is 1. The van der Waals surface area contributed by atoms with E-state index in [4.69, 9.17) is 4.74 Å². The molecule has 0 saturated heterocycles. The topological polar surface area (TPSA) is 144 Å². The second-order valence-electron chi connectivity index (χ2n) is 14.5. The first kappa shape index (κ1) is 29.7. The lowest BCUT2D eigenvalue weighted by atomic mass is 9.41. The Morgan fingerprint density at radius 1 is 1.11 bits per heavy atom. The van der Waals surface area contributed by atoms with Crippen LogP contribution in [0.2, 0.25) is 0 Å². The monoisotopic (exact) mass is 603 g/mol. The number of aliphatic hydroxyl groups excluding tert-OH is 1. The van der Waals surface area contributed by atoms with Crippen molar-refractivity contribution in [3.63, 3.8) is 0 Å². The van der Waals surface area contributed by atoms with Crippen LogP contribution in [0.25, 0.3) is 10.9 Å². The number of H-pyrrole nitrogens is 1. The van der Waals surface area contributed by atoms with Crippen molar-refractivity contribution in [1.82, 2.24) is 10.4 Å². The number of amides is 1. The molecule has 9 nitrogen and oxygen atoms in total. The molecule has 0 radical (unpaired) electrons. The van der Waals surface area contributed by atoms with E-state index in [9.17, 15) is 24.9 Å². The Bertz CT molecular complexity index is 1520. The van der Waals surface area contributed by atoms with Gasteiger partial charge in [-0.25, -0.2) is 10.2 Å². The zero-order chi connectivity index (χ0) is 30.7. The second kappa shape index (κ2) is 10.8. The number of cyclic esters (lactones) is 1. The van der Waals surface area contributed by atoms with Crippen LogP contribution >= 0.6 is 0 Å². The summed E-state index contributed by atoms with van der Waals surface area (Å²) in [4.78, 5) is 28.0. The zero-order valence-corrected chi connectivity index (χ0v) is 25.6. The lowest BCUT2D eigenvalue weighted by molar-refractivity contribution is -0.237. The molecule has 44 heavy (non-hydrogen) atoms. The van der Waals surface area contributed by atoms with Gasteiger partial charge in [0.15, 0.2) is 0 Å². The number of aryl methyl sites for hydroxylation is 1. The first-order chi connectivity index (χ1) is 21.1. The van der Waals surface area contributed by atoms with Gasteiger partial charge in [0.2, 0.25) is 5.91 Å². The van der Waals surface area contributed by atoms with E-state index in [2.05, 4.69) is 28.5 Å². The third kappa shape index (κ3) is 4.49. The fourth-order valence-corrected chi connectivity index (χ4v) is 10.4. The van der Waals surface area contributed by atoms with Crippen molar-refractivity contribution in [2.45, 2.75) is 101 Å². The average Bonchev–Trinajstić information content (AvgIpc) is 3.68. The van der Waals surface area contributed by atoms with Crippen LogP contribution in [0.5, 0.6) is 0 Å². The molecule has 1 amide bonds. The molecule has 4 saturated carbocycles. The van der Waals surface area contributed by atoms with Crippen LogP contribution < -0.4 is 5.43 Å². The van der Waals surface area contributed by atoms with Crippen LogP contribution in [0.1, 0.15) is 83.1 Å². The summed E-state index contributed by atoms with van der Waals surface area (Å²) in [6.45, 7) is 2.48. The van der Waals surface area contributed by atoms with E-state index in [-0.39, 0.29) is 36.1 Å². The lowest BCUT2D eigenvalue weighted by Crippen LogP contribution is -2.68. The van der Waals surface area contributed by atoms with E-state index in [1.807, 2.05) is 24.4 Å². The molecule has 5 N–H and O–H groups in total. The molecule has 0 spiro atoms. The molecule has 0 bridgehead atoms. The highest BCUT2D eigenvalue weighted by atomic mass is 16.5. The third-order valence-electron chi connectivity index (χ3n) is 12.6. The van der Waals surface area contributed by atoms with E-state index < -0.39 is 28.1 Å². The summed E-state index contributed by atoms with van der Waals surface area (Å²) in [7, 11) is 0. The first-order valence-corrected chi connectivity index (χ1v) is 16.5. The quantitative estimate of drug-likeness (QED) is 0.181. The summed E-state index contributed by atoms with van der Waals surface area (Å²) in [6.07, 6.45) is 12.1. The van der Waals surface area contributed by atoms with Gasteiger partial charge in [0.05, 0.1) is 17.3 Å². The van der Waals surface area contributed by atoms with Gasteiger partial charge in [-0.1, -0.05) is 25.1 Å². The number of ether oxygens (including phenoxy) is 1. The highest BCUT2D eigenvalue weighted by Crippen LogP contribution is 2.70. The molecule has 2 heterocycles.